The highest BCUT2D eigenvalue weighted by Crippen LogP contribution is 2.54. The maximum Gasteiger partial charge on any atom is 0.0946 e. The predicted molar refractivity (Wildman–Crippen MR) is 54.3 cm³/mol. The molecule has 2 aliphatic rings. The summed E-state index contributed by atoms with van der Waals surface area (Å²) < 4.78 is 5.42. The Morgan fingerprint density at radius 1 is 1.62 bits per heavy atom. The minimum Gasteiger partial charge on any atom is -0.501 e. The largest absolute Gasteiger partial charge is 0.501 e. The van der Waals surface area contributed by atoms with E-state index in [-0.39, 0.29) is 0 Å². The summed E-state index contributed by atoms with van der Waals surface area (Å²) in [6, 6.07) is 0. The lowest BCUT2D eigenvalue weighted by Crippen LogP contribution is -2.19. The van der Waals surface area contributed by atoms with Gasteiger partial charge in [0, 0.05) is 5.92 Å². The van der Waals surface area contributed by atoms with Gasteiger partial charge in [0.1, 0.15) is 0 Å². The molecule has 0 aromatic heterocycles. The van der Waals surface area contributed by atoms with Gasteiger partial charge in [-0.25, -0.2) is 0 Å². The van der Waals surface area contributed by atoms with Crippen LogP contribution in [0, 0.1) is 17.3 Å². The Morgan fingerprint density at radius 2 is 2.38 bits per heavy atom. The first kappa shape index (κ1) is 9.11. The highest BCUT2D eigenvalue weighted by molar-refractivity contribution is 5.12. The SMILES string of the molecule is CCC1(C)CC2CC1CC=C2OC. The summed E-state index contributed by atoms with van der Waals surface area (Å²) in [6.07, 6.45) is 7.58. The smallest absolute Gasteiger partial charge is 0.0946 e. The van der Waals surface area contributed by atoms with Crippen molar-refractivity contribution in [3.05, 3.63) is 11.8 Å². The fourth-order valence-corrected chi connectivity index (χ4v) is 3.15. The number of rotatable bonds is 2. The number of allylic oxidation sites excluding steroid dienone is 2. The second-order valence-corrected chi connectivity index (χ2v) is 4.89. The van der Waals surface area contributed by atoms with Gasteiger partial charge in [-0.15, -0.1) is 0 Å². The summed E-state index contributed by atoms with van der Waals surface area (Å²) in [6.45, 7) is 4.78. The Hall–Kier alpha value is -0.460. The van der Waals surface area contributed by atoms with Gasteiger partial charge in [0.05, 0.1) is 12.9 Å². The molecule has 0 aromatic carbocycles. The fourth-order valence-electron chi connectivity index (χ4n) is 3.15. The standard InChI is InChI=1S/C12H20O/c1-4-12(2)8-9-7-10(12)5-6-11(9)13-3/h6,9-10H,4-5,7-8H2,1-3H3. The Labute approximate surface area is 81.2 Å². The van der Waals surface area contributed by atoms with Gasteiger partial charge in [0.15, 0.2) is 0 Å². The van der Waals surface area contributed by atoms with Gasteiger partial charge in [-0.3, -0.25) is 0 Å². The van der Waals surface area contributed by atoms with Crippen LogP contribution in [-0.2, 0) is 4.74 Å². The summed E-state index contributed by atoms with van der Waals surface area (Å²) in [7, 11) is 1.81. The van der Waals surface area contributed by atoms with Crippen LogP contribution in [0.15, 0.2) is 11.8 Å². The minimum absolute atomic E-state index is 0.585. The number of hydrogen-bond donors (Lipinski definition) is 0. The average Bonchev–Trinajstić information content (AvgIpc) is 2.41. The molecule has 3 unspecified atom stereocenters. The molecule has 2 aliphatic carbocycles. The fraction of sp³-hybridized carbons (Fsp3) is 0.833. The Morgan fingerprint density at radius 3 is 3.00 bits per heavy atom. The van der Waals surface area contributed by atoms with Crippen LogP contribution in [0.4, 0.5) is 0 Å². The van der Waals surface area contributed by atoms with E-state index in [2.05, 4.69) is 19.9 Å². The van der Waals surface area contributed by atoms with E-state index in [0.29, 0.717) is 5.41 Å². The van der Waals surface area contributed by atoms with Crippen molar-refractivity contribution in [1.29, 1.82) is 0 Å². The summed E-state index contributed by atoms with van der Waals surface area (Å²) in [5.74, 6) is 2.91. The van der Waals surface area contributed by atoms with E-state index in [1.165, 1.54) is 31.4 Å². The lowest BCUT2D eigenvalue weighted by Gasteiger charge is -2.29. The second-order valence-electron chi connectivity index (χ2n) is 4.89. The van der Waals surface area contributed by atoms with Gasteiger partial charge >= 0.3 is 0 Å². The summed E-state index contributed by atoms with van der Waals surface area (Å²) in [5.41, 5.74) is 0.585. The number of fused-ring (bicyclic) bond motifs is 2. The Kier molecular flexibility index (Phi) is 2.13. The maximum atomic E-state index is 5.42. The molecule has 0 N–H and O–H groups in total. The van der Waals surface area contributed by atoms with Gasteiger partial charge in [-0.05, 0) is 36.7 Å². The Bertz CT molecular complexity index is 231. The molecule has 0 spiro atoms. The molecule has 1 fully saturated rings. The zero-order chi connectivity index (χ0) is 9.47. The molecular weight excluding hydrogens is 160 g/mol. The highest BCUT2D eigenvalue weighted by Gasteiger charge is 2.45. The molecule has 0 heterocycles. The molecule has 1 nitrogen and oxygen atoms in total. The quantitative estimate of drug-likeness (QED) is 0.633. The van der Waals surface area contributed by atoms with Crippen molar-refractivity contribution >= 4 is 0 Å². The van der Waals surface area contributed by atoms with E-state index in [4.69, 9.17) is 4.74 Å². The first-order valence-corrected chi connectivity index (χ1v) is 5.43. The van der Waals surface area contributed by atoms with E-state index in [1.807, 2.05) is 7.11 Å². The number of ether oxygens (including phenoxy) is 1. The van der Waals surface area contributed by atoms with E-state index >= 15 is 0 Å². The number of methoxy groups -OCH3 is 1. The van der Waals surface area contributed by atoms with Gasteiger partial charge < -0.3 is 4.74 Å². The second kappa shape index (κ2) is 3.04. The lowest BCUT2D eigenvalue weighted by molar-refractivity contribution is 0.221. The molecule has 0 saturated heterocycles. The van der Waals surface area contributed by atoms with Crippen molar-refractivity contribution in [3.8, 4) is 0 Å². The molecule has 0 radical (unpaired) electrons. The molecule has 0 aromatic rings. The first-order chi connectivity index (χ1) is 6.19. The highest BCUT2D eigenvalue weighted by atomic mass is 16.5. The molecule has 13 heavy (non-hydrogen) atoms. The van der Waals surface area contributed by atoms with Crippen molar-refractivity contribution in [2.75, 3.05) is 7.11 Å². The van der Waals surface area contributed by atoms with Crippen molar-refractivity contribution in [1.82, 2.24) is 0 Å². The van der Waals surface area contributed by atoms with Crippen molar-refractivity contribution < 1.29 is 4.74 Å². The third-order valence-corrected chi connectivity index (χ3v) is 4.32. The van der Waals surface area contributed by atoms with E-state index in [1.54, 1.807) is 0 Å². The minimum atomic E-state index is 0.585. The van der Waals surface area contributed by atoms with E-state index < -0.39 is 0 Å². The molecule has 1 heteroatoms. The third kappa shape index (κ3) is 1.29. The van der Waals surface area contributed by atoms with Gasteiger partial charge in [0.25, 0.3) is 0 Å². The van der Waals surface area contributed by atoms with E-state index in [9.17, 15) is 0 Å². The van der Waals surface area contributed by atoms with E-state index in [0.717, 1.165) is 11.8 Å². The average molecular weight is 180 g/mol. The zero-order valence-electron chi connectivity index (χ0n) is 8.97. The molecule has 3 atom stereocenters. The van der Waals surface area contributed by atoms with Crippen LogP contribution in [0.3, 0.4) is 0 Å². The van der Waals surface area contributed by atoms with Crippen LogP contribution in [0.5, 0.6) is 0 Å². The van der Waals surface area contributed by atoms with Crippen molar-refractivity contribution in [2.24, 2.45) is 17.3 Å². The zero-order valence-corrected chi connectivity index (χ0v) is 8.97. The van der Waals surface area contributed by atoms with Crippen LogP contribution in [0.2, 0.25) is 0 Å². The van der Waals surface area contributed by atoms with Crippen LogP contribution in [0.25, 0.3) is 0 Å². The third-order valence-electron chi connectivity index (χ3n) is 4.32. The van der Waals surface area contributed by atoms with Crippen LogP contribution in [-0.4, -0.2) is 7.11 Å². The molecular formula is C12H20O. The van der Waals surface area contributed by atoms with Gasteiger partial charge in [-0.1, -0.05) is 20.3 Å². The summed E-state index contributed by atoms with van der Waals surface area (Å²) in [4.78, 5) is 0. The molecule has 74 valence electrons. The maximum absolute atomic E-state index is 5.42. The molecule has 1 saturated carbocycles. The topological polar surface area (TPSA) is 9.23 Å². The van der Waals surface area contributed by atoms with Crippen molar-refractivity contribution in [3.63, 3.8) is 0 Å². The van der Waals surface area contributed by atoms with Crippen molar-refractivity contribution in [2.45, 2.75) is 39.5 Å². The van der Waals surface area contributed by atoms with Crippen LogP contribution >= 0.6 is 0 Å². The van der Waals surface area contributed by atoms with Gasteiger partial charge in [0.2, 0.25) is 0 Å². The lowest BCUT2D eigenvalue weighted by atomic mass is 9.76. The van der Waals surface area contributed by atoms with Crippen LogP contribution < -0.4 is 0 Å². The predicted octanol–water partition coefficient (Wildman–Crippen LogP) is 3.36. The summed E-state index contributed by atoms with van der Waals surface area (Å²) >= 11 is 0. The number of hydrogen-bond acceptors (Lipinski definition) is 1. The van der Waals surface area contributed by atoms with Crippen LogP contribution in [0.1, 0.15) is 39.5 Å². The molecule has 2 bridgehead atoms. The van der Waals surface area contributed by atoms with Gasteiger partial charge in [-0.2, -0.15) is 0 Å². The summed E-state index contributed by atoms with van der Waals surface area (Å²) in [5, 5.41) is 0. The molecule has 2 rings (SSSR count). The first-order valence-electron chi connectivity index (χ1n) is 5.43. The monoisotopic (exact) mass is 180 g/mol. The molecule has 0 aliphatic heterocycles. The normalized spacial score (nSPS) is 43.2. The Balaban J connectivity index is 2.17. The molecule has 0 amide bonds.